The molecule has 0 bridgehead atoms. The minimum absolute atomic E-state index is 0.141. The van der Waals surface area contributed by atoms with Gasteiger partial charge in [-0.05, 0) is 19.8 Å². The number of hydrogen-bond acceptors (Lipinski definition) is 3. The van der Waals surface area contributed by atoms with Crippen molar-refractivity contribution in [3.63, 3.8) is 0 Å². The Morgan fingerprint density at radius 3 is 2.78 bits per heavy atom. The molecule has 1 aliphatic heterocycles. The van der Waals surface area contributed by atoms with Crippen LogP contribution in [0.3, 0.4) is 0 Å². The fraction of sp³-hybridized carbons (Fsp3) is 0.583. The molecule has 0 radical (unpaired) electrons. The number of rotatable bonds is 3. The van der Waals surface area contributed by atoms with Crippen LogP contribution < -0.4 is 0 Å². The Hall–Kier alpha value is -1.85. The van der Waals surface area contributed by atoms with Crippen LogP contribution in [-0.2, 0) is 4.79 Å². The van der Waals surface area contributed by atoms with Crippen LogP contribution >= 0.6 is 0 Å². The van der Waals surface area contributed by atoms with Crippen molar-refractivity contribution in [2.24, 2.45) is 5.41 Å². The number of H-pyrrole nitrogens is 1. The number of hydrogen-bond donors (Lipinski definition) is 2. The molecule has 1 aliphatic rings. The van der Waals surface area contributed by atoms with Crippen LogP contribution in [0.1, 0.15) is 35.8 Å². The van der Waals surface area contributed by atoms with Gasteiger partial charge >= 0.3 is 5.97 Å². The van der Waals surface area contributed by atoms with Gasteiger partial charge < -0.3 is 10.0 Å². The number of aliphatic carboxylic acids is 1. The maximum Gasteiger partial charge on any atom is 0.311 e. The third-order valence-corrected chi connectivity index (χ3v) is 3.83. The second-order valence-corrected chi connectivity index (χ2v) is 4.82. The first-order chi connectivity index (χ1) is 8.50. The van der Waals surface area contributed by atoms with Gasteiger partial charge in [-0.1, -0.05) is 6.92 Å². The second kappa shape index (κ2) is 4.44. The van der Waals surface area contributed by atoms with E-state index < -0.39 is 11.4 Å². The number of carboxylic acid groups (broad SMARTS) is 1. The minimum atomic E-state index is -0.816. The van der Waals surface area contributed by atoms with Crippen molar-refractivity contribution in [1.29, 1.82) is 0 Å². The molecule has 18 heavy (non-hydrogen) atoms. The SMILES string of the molecule is CCC1(C(=O)O)CCN(C(=O)c2cn[nH]c2C)C1. The Morgan fingerprint density at radius 1 is 1.61 bits per heavy atom. The summed E-state index contributed by atoms with van der Waals surface area (Å²) in [7, 11) is 0. The highest BCUT2D eigenvalue weighted by Gasteiger charge is 2.45. The third kappa shape index (κ3) is 1.87. The lowest BCUT2D eigenvalue weighted by Crippen LogP contribution is -2.36. The van der Waals surface area contributed by atoms with Gasteiger partial charge in [-0.25, -0.2) is 0 Å². The predicted octanol–water partition coefficient (Wildman–Crippen LogP) is 1.05. The largest absolute Gasteiger partial charge is 0.481 e. The number of aromatic nitrogens is 2. The Balaban J connectivity index is 2.17. The van der Waals surface area contributed by atoms with Gasteiger partial charge in [-0.15, -0.1) is 0 Å². The molecule has 6 nitrogen and oxygen atoms in total. The molecule has 1 aromatic rings. The lowest BCUT2D eigenvalue weighted by Gasteiger charge is -2.22. The molecule has 0 aliphatic carbocycles. The van der Waals surface area contributed by atoms with Crippen LogP contribution in [0, 0.1) is 12.3 Å². The normalized spacial score (nSPS) is 23.3. The van der Waals surface area contributed by atoms with E-state index in [1.54, 1.807) is 11.8 Å². The molecule has 1 aromatic heterocycles. The van der Waals surface area contributed by atoms with E-state index >= 15 is 0 Å². The number of nitrogens with one attached hydrogen (secondary N) is 1. The monoisotopic (exact) mass is 251 g/mol. The van der Waals surface area contributed by atoms with Gasteiger partial charge in [0.2, 0.25) is 0 Å². The number of likely N-dealkylation sites (tertiary alicyclic amines) is 1. The van der Waals surface area contributed by atoms with Gasteiger partial charge in [0.25, 0.3) is 5.91 Å². The van der Waals surface area contributed by atoms with Crippen molar-refractivity contribution < 1.29 is 14.7 Å². The van der Waals surface area contributed by atoms with Crippen LogP contribution in [0.2, 0.25) is 0 Å². The molecule has 2 heterocycles. The molecule has 2 N–H and O–H groups in total. The van der Waals surface area contributed by atoms with Crippen LogP contribution in [0.5, 0.6) is 0 Å². The van der Waals surface area contributed by atoms with Crippen molar-refractivity contribution in [2.75, 3.05) is 13.1 Å². The summed E-state index contributed by atoms with van der Waals surface area (Å²) in [6.07, 6.45) is 2.54. The van der Waals surface area contributed by atoms with Gasteiger partial charge in [0, 0.05) is 18.8 Å². The molecule has 1 saturated heterocycles. The van der Waals surface area contributed by atoms with Gasteiger partial charge in [-0.2, -0.15) is 5.10 Å². The van der Waals surface area contributed by atoms with E-state index in [1.807, 2.05) is 6.92 Å². The summed E-state index contributed by atoms with van der Waals surface area (Å²) < 4.78 is 0. The summed E-state index contributed by atoms with van der Waals surface area (Å²) in [5.74, 6) is -0.956. The summed E-state index contributed by atoms with van der Waals surface area (Å²) in [6.45, 7) is 4.40. The summed E-state index contributed by atoms with van der Waals surface area (Å²) in [6, 6.07) is 0. The second-order valence-electron chi connectivity index (χ2n) is 4.82. The maximum absolute atomic E-state index is 12.2. The Morgan fingerprint density at radius 2 is 2.33 bits per heavy atom. The smallest absolute Gasteiger partial charge is 0.311 e. The number of carboxylic acids is 1. The van der Waals surface area contributed by atoms with E-state index in [2.05, 4.69) is 10.2 Å². The minimum Gasteiger partial charge on any atom is -0.481 e. The van der Waals surface area contributed by atoms with Crippen LogP contribution in [0.25, 0.3) is 0 Å². The average Bonchev–Trinajstić information content (AvgIpc) is 2.95. The molecule has 1 fully saturated rings. The fourth-order valence-electron chi connectivity index (χ4n) is 2.40. The molecule has 2 rings (SSSR count). The van der Waals surface area contributed by atoms with Crippen LogP contribution in [-0.4, -0.2) is 45.2 Å². The third-order valence-electron chi connectivity index (χ3n) is 3.83. The quantitative estimate of drug-likeness (QED) is 0.840. The summed E-state index contributed by atoms with van der Waals surface area (Å²) in [5.41, 5.74) is 0.449. The van der Waals surface area contributed by atoms with E-state index in [4.69, 9.17) is 0 Å². The summed E-state index contributed by atoms with van der Waals surface area (Å²) in [5, 5.41) is 15.8. The number of amides is 1. The van der Waals surface area contributed by atoms with Crippen molar-refractivity contribution >= 4 is 11.9 Å². The van der Waals surface area contributed by atoms with Crippen molar-refractivity contribution in [1.82, 2.24) is 15.1 Å². The first-order valence-electron chi connectivity index (χ1n) is 6.03. The highest BCUT2D eigenvalue weighted by Crippen LogP contribution is 2.34. The Labute approximate surface area is 105 Å². The molecular formula is C12H17N3O3. The van der Waals surface area contributed by atoms with E-state index in [0.29, 0.717) is 30.6 Å². The standard InChI is InChI=1S/C12H17N3O3/c1-3-12(11(17)18)4-5-15(7-12)10(16)9-6-13-14-8(9)2/h6H,3-5,7H2,1-2H3,(H,13,14)(H,17,18). The molecule has 1 amide bonds. The zero-order valence-electron chi connectivity index (χ0n) is 10.6. The number of carbonyl (C=O) groups excluding carboxylic acids is 1. The van der Waals surface area contributed by atoms with Crippen LogP contribution in [0.4, 0.5) is 0 Å². The lowest BCUT2D eigenvalue weighted by molar-refractivity contribution is -0.148. The van der Waals surface area contributed by atoms with Crippen LogP contribution in [0.15, 0.2) is 6.20 Å². The van der Waals surface area contributed by atoms with Crippen molar-refractivity contribution in [2.45, 2.75) is 26.7 Å². The number of aryl methyl sites for hydroxylation is 1. The first kappa shape index (κ1) is 12.6. The van der Waals surface area contributed by atoms with Gasteiger partial charge in [0.1, 0.15) is 0 Å². The van der Waals surface area contributed by atoms with E-state index in [-0.39, 0.29) is 12.5 Å². The molecule has 0 aromatic carbocycles. The van der Waals surface area contributed by atoms with Gasteiger partial charge in [-0.3, -0.25) is 14.7 Å². The van der Waals surface area contributed by atoms with Gasteiger partial charge in [0.15, 0.2) is 0 Å². The van der Waals surface area contributed by atoms with E-state index in [1.165, 1.54) is 6.20 Å². The van der Waals surface area contributed by atoms with E-state index in [0.717, 1.165) is 0 Å². The summed E-state index contributed by atoms with van der Waals surface area (Å²) in [4.78, 5) is 25.2. The first-order valence-corrected chi connectivity index (χ1v) is 6.03. The average molecular weight is 251 g/mol. The molecule has 98 valence electrons. The molecule has 1 unspecified atom stereocenters. The molecular weight excluding hydrogens is 234 g/mol. The van der Waals surface area contributed by atoms with Crippen molar-refractivity contribution in [3.8, 4) is 0 Å². The summed E-state index contributed by atoms with van der Waals surface area (Å²) >= 11 is 0. The van der Waals surface area contributed by atoms with Gasteiger partial charge in [0.05, 0.1) is 17.2 Å². The molecule has 6 heteroatoms. The fourth-order valence-corrected chi connectivity index (χ4v) is 2.40. The Kier molecular flexibility index (Phi) is 3.11. The maximum atomic E-state index is 12.2. The zero-order valence-corrected chi connectivity index (χ0v) is 10.6. The van der Waals surface area contributed by atoms with E-state index in [9.17, 15) is 14.7 Å². The zero-order chi connectivity index (χ0) is 13.3. The predicted molar refractivity (Wildman–Crippen MR) is 64.2 cm³/mol. The lowest BCUT2D eigenvalue weighted by atomic mass is 9.84. The highest BCUT2D eigenvalue weighted by molar-refractivity contribution is 5.95. The van der Waals surface area contributed by atoms with Crippen molar-refractivity contribution in [3.05, 3.63) is 17.5 Å². The number of nitrogens with zero attached hydrogens (tertiary/aromatic N) is 2. The highest BCUT2D eigenvalue weighted by atomic mass is 16.4. The molecule has 0 saturated carbocycles. The number of carbonyl (C=O) groups is 2. The number of aromatic amines is 1. The Bertz CT molecular complexity index is 483. The topological polar surface area (TPSA) is 86.3 Å². The molecule has 0 spiro atoms. The molecule has 1 atom stereocenters.